The molecule has 0 N–H and O–H groups in total. The Morgan fingerprint density at radius 1 is 1.20 bits per heavy atom. The molecule has 0 saturated heterocycles. The minimum Gasteiger partial charge on any atom is -0.171 e. The molecule has 0 radical (unpaired) electrons. The molecule has 0 aliphatic heterocycles. The van der Waals surface area contributed by atoms with Gasteiger partial charge in [-0.25, -0.2) is 0 Å². The molecule has 0 spiro atoms. The van der Waals surface area contributed by atoms with Crippen molar-refractivity contribution in [2.75, 3.05) is 0 Å². The predicted molar refractivity (Wildman–Crippen MR) is 60.7 cm³/mol. The molecular weight excluding hydrogens is 347 g/mol. The fourth-order valence-corrected chi connectivity index (χ4v) is 2.05. The van der Waals surface area contributed by atoms with Crippen LogP contribution in [0.2, 0.25) is 0 Å². The van der Waals surface area contributed by atoms with Crippen LogP contribution in [0.15, 0.2) is 41.5 Å². The minimum absolute atomic E-state index is 0. The fraction of sp³-hybridized carbons (Fsp3) is 0.429. The topological polar surface area (TPSA) is 0 Å². The van der Waals surface area contributed by atoms with Gasteiger partial charge in [-0.1, -0.05) is 33.8 Å². The Bertz CT molecular complexity index is 375. The van der Waals surface area contributed by atoms with Gasteiger partial charge in [-0.3, -0.25) is 0 Å². The molecule has 2 aliphatic carbocycles. The van der Waals surface area contributed by atoms with E-state index < -0.39 is 0 Å². The van der Waals surface area contributed by atoms with Crippen molar-refractivity contribution < 1.29 is 25.8 Å². The van der Waals surface area contributed by atoms with Gasteiger partial charge in [0.05, 0.1) is 0 Å². The smallest absolute Gasteiger partial charge is 0 e. The van der Waals surface area contributed by atoms with Crippen LogP contribution in [-0.4, -0.2) is 0 Å². The van der Waals surface area contributed by atoms with Gasteiger partial charge in [0.25, 0.3) is 0 Å². The maximum Gasteiger partial charge on any atom is 0 e. The van der Waals surface area contributed by atoms with Crippen LogP contribution in [0, 0.1) is 16.9 Å². The number of fused-ring (bicyclic) bond motifs is 1. The molecule has 78 valence electrons. The molecule has 0 fully saturated rings. The number of hydrogen-bond acceptors (Lipinski definition) is 0. The quantitative estimate of drug-likeness (QED) is 0.453. The van der Waals surface area contributed by atoms with Crippen molar-refractivity contribution in [1.82, 2.24) is 0 Å². The summed E-state index contributed by atoms with van der Waals surface area (Å²) in [6, 6.07) is 0. The first-order chi connectivity index (χ1) is 6.45. The molecule has 0 bridgehead atoms. The molecular formula is C14H17Hf-. The van der Waals surface area contributed by atoms with Gasteiger partial charge in [0.1, 0.15) is 0 Å². The van der Waals surface area contributed by atoms with Crippen LogP contribution in [-0.2, 0) is 25.8 Å². The summed E-state index contributed by atoms with van der Waals surface area (Å²) in [4.78, 5) is 0. The maximum absolute atomic E-state index is 3.28. The van der Waals surface area contributed by atoms with Crippen molar-refractivity contribution in [2.45, 2.75) is 27.7 Å². The van der Waals surface area contributed by atoms with Crippen molar-refractivity contribution in [3.8, 4) is 0 Å². The van der Waals surface area contributed by atoms with Crippen molar-refractivity contribution in [3.05, 3.63) is 47.6 Å². The summed E-state index contributed by atoms with van der Waals surface area (Å²) in [5.74, 6) is 0. The van der Waals surface area contributed by atoms with Gasteiger partial charge in [-0.2, -0.15) is 23.3 Å². The zero-order valence-corrected chi connectivity index (χ0v) is 13.5. The Hall–Kier alpha value is -0.170. The normalized spacial score (nSPS) is 28.0. The molecule has 0 aromatic heterocycles. The Balaban J connectivity index is 0.00000112. The van der Waals surface area contributed by atoms with Gasteiger partial charge in [-0.05, 0) is 10.8 Å². The maximum atomic E-state index is 3.28. The molecule has 1 atom stereocenters. The zero-order chi connectivity index (χ0) is 10.4. The van der Waals surface area contributed by atoms with Crippen LogP contribution < -0.4 is 0 Å². The van der Waals surface area contributed by atoms with Gasteiger partial charge in [0.2, 0.25) is 0 Å². The number of rotatable bonds is 0. The molecule has 1 heteroatoms. The van der Waals surface area contributed by atoms with E-state index in [1.165, 1.54) is 11.1 Å². The first-order valence-electron chi connectivity index (χ1n) is 5.15. The van der Waals surface area contributed by atoms with E-state index in [1.54, 1.807) is 0 Å². The Morgan fingerprint density at radius 2 is 1.87 bits per heavy atom. The predicted octanol–water partition coefficient (Wildman–Crippen LogP) is 3.83. The average Bonchev–Trinajstić information content (AvgIpc) is 2.51. The molecule has 0 aromatic rings. The molecule has 1 unspecified atom stereocenters. The van der Waals surface area contributed by atoms with E-state index in [1.807, 2.05) is 6.08 Å². The van der Waals surface area contributed by atoms with Gasteiger partial charge in [0, 0.05) is 25.8 Å². The van der Waals surface area contributed by atoms with Crippen LogP contribution in [0.25, 0.3) is 0 Å². The van der Waals surface area contributed by atoms with E-state index in [0.29, 0.717) is 0 Å². The molecule has 0 aromatic carbocycles. The van der Waals surface area contributed by atoms with E-state index >= 15 is 0 Å². The third kappa shape index (κ3) is 1.91. The van der Waals surface area contributed by atoms with Gasteiger partial charge < -0.3 is 0 Å². The second kappa shape index (κ2) is 4.01. The third-order valence-electron chi connectivity index (χ3n) is 3.59. The first kappa shape index (κ1) is 12.9. The van der Waals surface area contributed by atoms with Gasteiger partial charge in [-0.15, -0.1) is 18.2 Å². The zero-order valence-electron chi connectivity index (χ0n) is 9.89. The van der Waals surface area contributed by atoms with Crippen molar-refractivity contribution >= 4 is 0 Å². The molecule has 0 heterocycles. The summed E-state index contributed by atoms with van der Waals surface area (Å²) in [6.07, 6.45) is 14.1. The minimum atomic E-state index is 0. The van der Waals surface area contributed by atoms with Crippen molar-refractivity contribution in [3.63, 3.8) is 0 Å². The van der Waals surface area contributed by atoms with Crippen molar-refractivity contribution in [1.29, 1.82) is 0 Å². The summed E-state index contributed by atoms with van der Waals surface area (Å²) in [7, 11) is 0. The molecule has 15 heavy (non-hydrogen) atoms. The van der Waals surface area contributed by atoms with E-state index in [-0.39, 0.29) is 36.7 Å². The summed E-state index contributed by atoms with van der Waals surface area (Å²) in [5, 5.41) is 0. The average molecular weight is 364 g/mol. The van der Waals surface area contributed by atoms with Crippen LogP contribution >= 0.6 is 0 Å². The van der Waals surface area contributed by atoms with Gasteiger partial charge in [0.15, 0.2) is 0 Å². The van der Waals surface area contributed by atoms with Crippen LogP contribution in [0.4, 0.5) is 0 Å². The van der Waals surface area contributed by atoms with E-state index in [0.717, 1.165) is 0 Å². The summed E-state index contributed by atoms with van der Waals surface area (Å²) < 4.78 is 0. The second-order valence-electron chi connectivity index (χ2n) is 5.28. The Labute approximate surface area is 112 Å². The molecule has 2 rings (SSSR count). The largest absolute Gasteiger partial charge is 0.171 e. The molecule has 2 aliphatic rings. The summed E-state index contributed by atoms with van der Waals surface area (Å²) in [5.41, 5.74) is 3.05. The summed E-state index contributed by atoms with van der Waals surface area (Å²) >= 11 is 0. The molecule has 0 amide bonds. The first-order valence-corrected chi connectivity index (χ1v) is 5.15. The molecule has 0 saturated carbocycles. The van der Waals surface area contributed by atoms with E-state index in [4.69, 9.17) is 0 Å². The Morgan fingerprint density at radius 3 is 2.47 bits per heavy atom. The number of allylic oxidation sites excluding steroid dienone is 8. The van der Waals surface area contributed by atoms with Crippen LogP contribution in [0.5, 0.6) is 0 Å². The standard InChI is InChI=1S/C14H17.Hf/c1-13(2,3)14(4)10-6-8-11-7-5-9-12(11)14;/h5-6,8-10H,1-4H3;/q-1;. The SMILES string of the molecule is CC(C)(C)C1(C)C=CC=C2[C-]=CC=C21.[Hf]. The number of hydrogen-bond donors (Lipinski definition) is 0. The van der Waals surface area contributed by atoms with Crippen LogP contribution in [0.1, 0.15) is 27.7 Å². The van der Waals surface area contributed by atoms with E-state index in [9.17, 15) is 0 Å². The van der Waals surface area contributed by atoms with E-state index in [2.05, 4.69) is 58.1 Å². The Kier molecular flexibility index (Phi) is 3.45. The monoisotopic (exact) mass is 365 g/mol. The van der Waals surface area contributed by atoms with Gasteiger partial charge >= 0.3 is 0 Å². The molecule has 0 nitrogen and oxygen atoms in total. The van der Waals surface area contributed by atoms with Crippen LogP contribution in [0.3, 0.4) is 0 Å². The fourth-order valence-electron chi connectivity index (χ4n) is 2.05. The van der Waals surface area contributed by atoms with Crippen molar-refractivity contribution in [2.24, 2.45) is 10.8 Å². The third-order valence-corrected chi connectivity index (χ3v) is 3.59. The summed E-state index contributed by atoms with van der Waals surface area (Å²) in [6.45, 7) is 9.18. The second-order valence-corrected chi connectivity index (χ2v) is 5.28.